The summed E-state index contributed by atoms with van der Waals surface area (Å²) in [5.41, 5.74) is 3.07. The molecule has 2 aromatic carbocycles. The van der Waals surface area contributed by atoms with Crippen LogP contribution in [0.3, 0.4) is 0 Å². The molecular formula is C22H26N2O4S. The summed E-state index contributed by atoms with van der Waals surface area (Å²) in [5.74, 6) is -0.830. The molecule has 6 nitrogen and oxygen atoms in total. The van der Waals surface area contributed by atoms with Crippen LogP contribution in [-0.2, 0) is 20.7 Å². The topological polar surface area (TPSA) is 75.7 Å². The molecule has 2 rings (SSSR count). The fraction of sp³-hybridized carbons (Fsp3) is 0.318. The summed E-state index contributed by atoms with van der Waals surface area (Å²) in [6.07, 6.45) is 0.785. The van der Waals surface area contributed by atoms with E-state index in [0.29, 0.717) is 10.5 Å². The van der Waals surface area contributed by atoms with E-state index >= 15 is 0 Å². The zero-order valence-corrected chi connectivity index (χ0v) is 18.0. The molecule has 7 heteroatoms. The van der Waals surface area contributed by atoms with Crippen LogP contribution in [-0.4, -0.2) is 49.1 Å². The van der Waals surface area contributed by atoms with Gasteiger partial charge in [-0.25, -0.2) is 4.79 Å². The molecule has 154 valence electrons. The van der Waals surface area contributed by atoms with Gasteiger partial charge in [0, 0.05) is 24.7 Å². The summed E-state index contributed by atoms with van der Waals surface area (Å²) in [7, 11) is 3.36. The third-order valence-electron chi connectivity index (χ3n) is 4.30. The van der Waals surface area contributed by atoms with E-state index in [0.717, 1.165) is 23.2 Å². The molecule has 2 amide bonds. The summed E-state index contributed by atoms with van der Waals surface area (Å²) >= 11 is 1.26. The smallest absolute Gasteiger partial charge is 0.339 e. The summed E-state index contributed by atoms with van der Waals surface area (Å²) < 4.78 is 5.21. The molecule has 0 aromatic heterocycles. The molecular weight excluding hydrogens is 388 g/mol. The van der Waals surface area contributed by atoms with Gasteiger partial charge in [0.2, 0.25) is 5.91 Å². The molecule has 0 aliphatic heterocycles. The standard InChI is InChI=1S/C22H26N2O4S/c1-5-16-10-8-9-15(2)21(16)23-19(25)13-28-22(27)17-11-6-7-12-18(17)29-14-20(26)24(3)4/h6-12H,5,13-14H2,1-4H3,(H,23,25). The highest BCUT2D eigenvalue weighted by Crippen LogP contribution is 2.24. The minimum absolute atomic E-state index is 0.0532. The molecule has 0 radical (unpaired) electrons. The van der Waals surface area contributed by atoms with Crippen LogP contribution in [0.25, 0.3) is 0 Å². The number of rotatable bonds is 8. The minimum atomic E-state index is -0.596. The van der Waals surface area contributed by atoms with Crippen LogP contribution in [0, 0.1) is 6.92 Å². The Morgan fingerprint density at radius 2 is 1.79 bits per heavy atom. The molecule has 0 spiro atoms. The number of ether oxygens (including phenoxy) is 1. The second kappa shape index (κ2) is 10.7. The summed E-state index contributed by atoms with van der Waals surface area (Å²) in [6.45, 7) is 3.55. The van der Waals surface area contributed by atoms with Crippen molar-refractivity contribution < 1.29 is 19.1 Å². The quantitative estimate of drug-likeness (QED) is 0.528. The molecule has 0 saturated carbocycles. The lowest BCUT2D eigenvalue weighted by atomic mass is 10.1. The normalized spacial score (nSPS) is 10.3. The number of anilines is 1. The van der Waals surface area contributed by atoms with Gasteiger partial charge in [0.1, 0.15) is 0 Å². The Balaban J connectivity index is 1.99. The van der Waals surface area contributed by atoms with Gasteiger partial charge in [-0.1, -0.05) is 37.3 Å². The first-order chi connectivity index (χ1) is 13.8. The van der Waals surface area contributed by atoms with Crippen LogP contribution in [0.5, 0.6) is 0 Å². The molecule has 0 saturated heterocycles. The van der Waals surface area contributed by atoms with Crippen LogP contribution < -0.4 is 5.32 Å². The monoisotopic (exact) mass is 414 g/mol. The number of benzene rings is 2. The van der Waals surface area contributed by atoms with Crippen LogP contribution in [0.2, 0.25) is 0 Å². The molecule has 0 fully saturated rings. The lowest BCUT2D eigenvalue weighted by Crippen LogP contribution is -2.24. The average molecular weight is 415 g/mol. The van der Waals surface area contributed by atoms with E-state index < -0.39 is 11.9 Å². The second-order valence-corrected chi connectivity index (χ2v) is 7.68. The van der Waals surface area contributed by atoms with Crippen molar-refractivity contribution in [2.45, 2.75) is 25.2 Å². The Kier molecular flexibility index (Phi) is 8.27. The van der Waals surface area contributed by atoms with Gasteiger partial charge >= 0.3 is 5.97 Å². The highest BCUT2D eigenvalue weighted by molar-refractivity contribution is 8.00. The maximum atomic E-state index is 12.5. The van der Waals surface area contributed by atoms with Gasteiger partial charge in [-0.05, 0) is 36.6 Å². The molecule has 0 heterocycles. The molecule has 2 aromatic rings. The van der Waals surface area contributed by atoms with Crippen molar-refractivity contribution in [2.24, 2.45) is 0 Å². The second-order valence-electron chi connectivity index (χ2n) is 6.66. The van der Waals surface area contributed by atoms with E-state index in [1.54, 1.807) is 38.4 Å². The fourth-order valence-corrected chi connectivity index (χ4v) is 3.63. The van der Waals surface area contributed by atoms with Gasteiger partial charge in [-0.2, -0.15) is 0 Å². The first-order valence-electron chi connectivity index (χ1n) is 9.31. The highest BCUT2D eigenvalue weighted by Gasteiger charge is 2.17. The number of hydrogen-bond acceptors (Lipinski definition) is 5. The Morgan fingerprint density at radius 3 is 2.48 bits per heavy atom. The van der Waals surface area contributed by atoms with Gasteiger partial charge in [0.05, 0.1) is 11.3 Å². The number of hydrogen-bond donors (Lipinski definition) is 1. The number of carbonyl (C=O) groups excluding carboxylic acids is 3. The van der Waals surface area contributed by atoms with Gasteiger partial charge in [0.25, 0.3) is 5.91 Å². The van der Waals surface area contributed by atoms with Gasteiger partial charge < -0.3 is 15.0 Å². The van der Waals surface area contributed by atoms with Crippen LogP contribution in [0.4, 0.5) is 5.69 Å². The van der Waals surface area contributed by atoms with Gasteiger partial charge in [-0.15, -0.1) is 11.8 Å². The number of aryl methyl sites for hydroxylation is 2. The van der Waals surface area contributed by atoms with Crippen molar-refractivity contribution in [2.75, 3.05) is 31.8 Å². The molecule has 29 heavy (non-hydrogen) atoms. The summed E-state index contributed by atoms with van der Waals surface area (Å²) in [6, 6.07) is 12.7. The van der Waals surface area contributed by atoms with E-state index in [1.165, 1.54) is 16.7 Å². The summed E-state index contributed by atoms with van der Waals surface area (Å²) in [4.78, 5) is 38.7. The Hall–Kier alpha value is -2.80. The van der Waals surface area contributed by atoms with Crippen LogP contribution in [0.1, 0.15) is 28.4 Å². The molecule has 0 aliphatic rings. The van der Waals surface area contributed by atoms with Gasteiger partial charge in [-0.3, -0.25) is 9.59 Å². The van der Waals surface area contributed by atoms with E-state index in [2.05, 4.69) is 5.32 Å². The largest absolute Gasteiger partial charge is 0.452 e. The number of nitrogens with one attached hydrogen (secondary N) is 1. The number of carbonyl (C=O) groups is 3. The SMILES string of the molecule is CCc1cccc(C)c1NC(=O)COC(=O)c1ccccc1SCC(=O)N(C)C. The maximum Gasteiger partial charge on any atom is 0.339 e. The predicted molar refractivity (Wildman–Crippen MR) is 115 cm³/mol. The number of amides is 2. The molecule has 0 bridgehead atoms. The Morgan fingerprint density at radius 1 is 1.07 bits per heavy atom. The molecule has 0 aliphatic carbocycles. The third kappa shape index (κ3) is 6.35. The fourth-order valence-electron chi connectivity index (χ4n) is 2.62. The minimum Gasteiger partial charge on any atom is -0.452 e. The van der Waals surface area contributed by atoms with Crippen LogP contribution in [0.15, 0.2) is 47.4 Å². The summed E-state index contributed by atoms with van der Waals surface area (Å²) in [5, 5.41) is 2.83. The number of thioether (sulfide) groups is 1. The number of esters is 1. The van der Waals surface area contributed by atoms with E-state index in [-0.39, 0.29) is 18.3 Å². The zero-order chi connectivity index (χ0) is 21.4. The Labute approximate surface area is 175 Å². The van der Waals surface area contributed by atoms with Crippen molar-refractivity contribution in [1.82, 2.24) is 4.90 Å². The van der Waals surface area contributed by atoms with Crippen molar-refractivity contribution in [3.05, 3.63) is 59.2 Å². The number of para-hydroxylation sites is 1. The third-order valence-corrected chi connectivity index (χ3v) is 5.35. The first kappa shape index (κ1) is 22.5. The molecule has 0 unspecified atom stereocenters. The predicted octanol–water partition coefficient (Wildman–Crippen LogP) is 3.53. The van der Waals surface area contributed by atoms with Crippen LogP contribution >= 0.6 is 11.8 Å². The van der Waals surface area contributed by atoms with Crippen molar-refractivity contribution in [3.63, 3.8) is 0 Å². The zero-order valence-electron chi connectivity index (χ0n) is 17.2. The number of nitrogens with zero attached hydrogens (tertiary/aromatic N) is 1. The van der Waals surface area contributed by atoms with E-state index in [4.69, 9.17) is 4.74 Å². The van der Waals surface area contributed by atoms with E-state index in [9.17, 15) is 14.4 Å². The highest BCUT2D eigenvalue weighted by atomic mass is 32.2. The lowest BCUT2D eigenvalue weighted by molar-refractivity contribution is -0.125. The van der Waals surface area contributed by atoms with Gasteiger partial charge in [0.15, 0.2) is 6.61 Å². The lowest BCUT2D eigenvalue weighted by Gasteiger charge is -2.14. The Bertz CT molecular complexity index is 896. The average Bonchev–Trinajstić information content (AvgIpc) is 2.71. The van der Waals surface area contributed by atoms with Crippen molar-refractivity contribution >= 4 is 35.2 Å². The maximum absolute atomic E-state index is 12.5. The van der Waals surface area contributed by atoms with E-state index in [1.807, 2.05) is 32.0 Å². The first-order valence-corrected chi connectivity index (χ1v) is 10.3. The molecule has 1 N–H and O–H groups in total. The van der Waals surface area contributed by atoms with Crippen molar-refractivity contribution in [1.29, 1.82) is 0 Å². The van der Waals surface area contributed by atoms with Crippen molar-refractivity contribution in [3.8, 4) is 0 Å². The molecule has 0 atom stereocenters.